The van der Waals surface area contributed by atoms with E-state index in [-0.39, 0.29) is 11.4 Å². The van der Waals surface area contributed by atoms with Crippen LogP contribution >= 0.6 is 0 Å². The van der Waals surface area contributed by atoms with Crippen molar-refractivity contribution in [2.75, 3.05) is 5.73 Å². The molecule has 3 N–H and O–H groups in total. The highest BCUT2D eigenvalue weighted by molar-refractivity contribution is 5.77. The smallest absolute Gasteiger partial charge is 0.268 e. The maximum absolute atomic E-state index is 11.8. The van der Waals surface area contributed by atoms with Crippen LogP contribution in [-0.2, 0) is 0 Å². The lowest BCUT2D eigenvalue weighted by molar-refractivity contribution is 1.22. The Kier molecular flexibility index (Phi) is 3.14. The third-order valence-corrected chi connectivity index (χ3v) is 3.11. The van der Waals surface area contributed by atoms with Crippen LogP contribution in [0.1, 0.15) is 22.3 Å². The third kappa shape index (κ3) is 2.23. The van der Waals surface area contributed by atoms with Gasteiger partial charge in [-0.1, -0.05) is 17.7 Å². The van der Waals surface area contributed by atoms with Crippen LogP contribution in [-0.4, -0.2) is 4.98 Å². The van der Waals surface area contributed by atoms with E-state index in [1.54, 1.807) is 6.07 Å². The van der Waals surface area contributed by atoms with Crippen molar-refractivity contribution in [1.29, 1.82) is 5.26 Å². The first-order valence-corrected chi connectivity index (χ1v) is 5.95. The second-order valence-electron chi connectivity index (χ2n) is 4.73. The number of rotatable bonds is 1. The largest absolute Gasteiger partial charge is 0.385 e. The number of benzene rings is 1. The molecule has 0 spiro atoms. The van der Waals surface area contributed by atoms with Crippen molar-refractivity contribution in [3.05, 3.63) is 50.8 Å². The summed E-state index contributed by atoms with van der Waals surface area (Å²) in [6, 6.07) is 7.66. The summed E-state index contributed by atoms with van der Waals surface area (Å²) in [5.41, 5.74) is 10.0. The minimum absolute atomic E-state index is 0.101. The summed E-state index contributed by atoms with van der Waals surface area (Å²) in [6.45, 7) is 5.95. The molecule has 2 rings (SSSR count). The topological polar surface area (TPSA) is 82.7 Å². The van der Waals surface area contributed by atoms with Crippen LogP contribution in [0.3, 0.4) is 0 Å². The molecule has 96 valence electrons. The average Bonchev–Trinajstić information content (AvgIpc) is 2.26. The fourth-order valence-corrected chi connectivity index (χ4v) is 2.49. The molecule has 0 aliphatic rings. The van der Waals surface area contributed by atoms with Gasteiger partial charge in [-0.15, -0.1) is 0 Å². The van der Waals surface area contributed by atoms with Crippen molar-refractivity contribution in [3.63, 3.8) is 0 Å². The van der Waals surface area contributed by atoms with Gasteiger partial charge in [-0.25, -0.2) is 0 Å². The van der Waals surface area contributed by atoms with Gasteiger partial charge < -0.3 is 10.7 Å². The van der Waals surface area contributed by atoms with Gasteiger partial charge in [0.15, 0.2) is 0 Å². The highest BCUT2D eigenvalue weighted by Gasteiger charge is 2.14. The summed E-state index contributed by atoms with van der Waals surface area (Å²) in [7, 11) is 0. The first-order chi connectivity index (χ1) is 8.93. The monoisotopic (exact) mass is 253 g/mol. The Bertz CT molecular complexity index is 728. The summed E-state index contributed by atoms with van der Waals surface area (Å²) in [4.78, 5) is 14.2. The van der Waals surface area contributed by atoms with Gasteiger partial charge in [-0.05, 0) is 43.5 Å². The second kappa shape index (κ2) is 4.62. The zero-order chi connectivity index (χ0) is 14.2. The molecule has 0 bridgehead atoms. The number of anilines is 1. The number of nitrogen functional groups attached to an aromatic ring is 1. The second-order valence-corrected chi connectivity index (χ2v) is 4.73. The van der Waals surface area contributed by atoms with E-state index in [9.17, 15) is 10.1 Å². The van der Waals surface area contributed by atoms with Gasteiger partial charge in [-0.3, -0.25) is 4.79 Å². The number of pyridine rings is 1. The molecule has 0 aliphatic carbocycles. The molecule has 19 heavy (non-hydrogen) atoms. The maximum atomic E-state index is 11.8. The van der Waals surface area contributed by atoms with E-state index >= 15 is 0 Å². The summed E-state index contributed by atoms with van der Waals surface area (Å²) in [6.07, 6.45) is 0. The van der Waals surface area contributed by atoms with Crippen LogP contribution < -0.4 is 11.3 Å². The Morgan fingerprint density at radius 1 is 1.16 bits per heavy atom. The lowest BCUT2D eigenvalue weighted by Crippen LogP contribution is -2.14. The number of hydrogen-bond acceptors (Lipinski definition) is 3. The van der Waals surface area contributed by atoms with Crippen LogP contribution in [0.4, 0.5) is 5.82 Å². The Hall–Kier alpha value is -2.54. The van der Waals surface area contributed by atoms with Crippen LogP contribution in [0, 0.1) is 32.1 Å². The predicted molar refractivity (Wildman–Crippen MR) is 75.8 cm³/mol. The van der Waals surface area contributed by atoms with Crippen LogP contribution in [0.15, 0.2) is 23.0 Å². The van der Waals surface area contributed by atoms with Crippen molar-refractivity contribution in [2.24, 2.45) is 0 Å². The highest BCUT2D eigenvalue weighted by Crippen LogP contribution is 2.30. The molecule has 0 saturated carbocycles. The van der Waals surface area contributed by atoms with Crippen molar-refractivity contribution in [1.82, 2.24) is 4.98 Å². The molecule has 1 aromatic heterocycles. The summed E-state index contributed by atoms with van der Waals surface area (Å²) >= 11 is 0. The number of nitrogens with one attached hydrogen (secondary N) is 1. The molecule has 1 heterocycles. The molecule has 4 heteroatoms. The average molecular weight is 253 g/mol. The van der Waals surface area contributed by atoms with Crippen molar-refractivity contribution in [2.45, 2.75) is 20.8 Å². The minimum Gasteiger partial charge on any atom is -0.385 e. The van der Waals surface area contributed by atoms with E-state index in [2.05, 4.69) is 4.98 Å². The first kappa shape index (κ1) is 12.9. The van der Waals surface area contributed by atoms with Gasteiger partial charge in [0.05, 0.1) is 0 Å². The Morgan fingerprint density at radius 3 is 2.26 bits per heavy atom. The molecular formula is C15H15N3O. The molecule has 0 amide bonds. The molecule has 0 saturated heterocycles. The fourth-order valence-electron chi connectivity index (χ4n) is 2.49. The van der Waals surface area contributed by atoms with E-state index in [4.69, 9.17) is 5.73 Å². The normalized spacial score (nSPS) is 10.2. The number of aromatic amines is 1. The number of hydrogen-bond donors (Lipinski definition) is 2. The van der Waals surface area contributed by atoms with Gasteiger partial charge in [0.1, 0.15) is 17.5 Å². The number of aromatic nitrogens is 1. The number of nitrogens with two attached hydrogens (primary N) is 1. The summed E-state index contributed by atoms with van der Waals surface area (Å²) in [5.74, 6) is 0.262. The van der Waals surface area contributed by atoms with E-state index in [1.165, 1.54) is 0 Å². The van der Waals surface area contributed by atoms with Gasteiger partial charge in [0.2, 0.25) is 0 Å². The van der Waals surface area contributed by atoms with Crippen LogP contribution in [0.5, 0.6) is 0 Å². The molecule has 0 radical (unpaired) electrons. The van der Waals surface area contributed by atoms with Gasteiger partial charge >= 0.3 is 0 Å². The number of aryl methyl sites for hydroxylation is 3. The van der Waals surface area contributed by atoms with E-state index < -0.39 is 5.56 Å². The lowest BCUT2D eigenvalue weighted by atomic mass is 9.92. The zero-order valence-electron chi connectivity index (χ0n) is 11.2. The molecule has 1 aromatic carbocycles. The van der Waals surface area contributed by atoms with E-state index in [0.717, 1.165) is 22.3 Å². The van der Waals surface area contributed by atoms with Crippen molar-refractivity contribution >= 4 is 5.82 Å². The molecule has 0 atom stereocenters. The summed E-state index contributed by atoms with van der Waals surface area (Å²) in [5, 5.41) is 9.18. The Labute approximate surface area is 111 Å². The molecule has 0 aliphatic heterocycles. The van der Waals surface area contributed by atoms with Gasteiger partial charge in [0, 0.05) is 5.56 Å². The minimum atomic E-state index is -0.447. The quantitative estimate of drug-likeness (QED) is 0.818. The molecule has 4 nitrogen and oxygen atoms in total. The van der Waals surface area contributed by atoms with Crippen LogP contribution in [0.25, 0.3) is 11.1 Å². The third-order valence-electron chi connectivity index (χ3n) is 3.11. The van der Waals surface area contributed by atoms with E-state index in [1.807, 2.05) is 39.0 Å². The molecular weight excluding hydrogens is 238 g/mol. The van der Waals surface area contributed by atoms with E-state index in [0.29, 0.717) is 5.56 Å². The van der Waals surface area contributed by atoms with Crippen molar-refractivity contribution < 1.29 is 0 Å². The number of nitriles is 1. The van der Waals surface area contributed by atoms with Gasteiger partial charge in [-0.2, -0.15) is 5.26 Å². The Balaban J connectivity index is 2.88. The SMILES string of the molecule is Cc1cc(C)c(-c2cc(N)[nH]c(=O)c2C#N)c(C)c1. The first-order valence-electron chi connectivity index (χ1n) is 5.95. The maximum Gasteiger partial charge on any atom is 0.268 e. The summed E-state index contributed by atoms with van der Waals surface area (Å²) < 4.78 is 0. The zero-order valence-corrected chi connectivity index (χ0v) is 11.2. The lowest BCUT2D eigenvalue weighted by Gasteiger charge is -2.13. The predicted octanol–water partition coefficient (Wildman–Crippen LogP) is 2.42. The number of nitrogens with zero attached hydrogens (tertiary/aromatic N) is 1. The fraction of sp³-hybridized carbons (Fsp3) is 0.200. The number of H-pyrrole nitrogens is 1. The Morgan fingerprint density at radius 2 is 1.74 bits per heavy atom. The standard InChI is InChI=1S/C15H15N3O/c1-8-4-9(2)14(10(3)5-8)11-6-13(17)18-15(19)12(11)7-16/h4-6H,1-3H3,(H3,17,18,19). The highest BCUT2D eigenvalue weighted by atomic mass is 16.1. The van der Waals surface area contributed by atoms with Gasteiger partial charge in [0.25, 0.3) is 5.56 Å². The van der Waals surface area contributed by atoms with Crippen molar-refractivity contribution in [3.8, 4) is 17.2 Å². The molecule has 0 unspecified atom stereocenters. The molecule has 0 fully saturated rings. The molecule has 2 aromatic rings. The van der Waals surface area contributed by atoms with Crippen LogP contribution in [0.2, 0.25) is 0 Å².